The first-order chi connectivity index (χ1) is 10.1. The molecular weight excluding hydrogens is 324 g/mol. The van der Waals surface area contributed by atoms with E-state index in [2.05, 4.69) is 10.0 Å². The van der Waals surface area contributed by atoms with Gasteiger partial charge in [0.25, 0.3) is 0 Å². The summed E-state index contributed by atoms with van der Waals surface area (Å²) < 4.78 is 27.5. The van der Waals surface area contributed by atoms with Crippen LogP contribution in [-0.4, -0.2) is 21.0 Å². The fourth-order valence-electron chi connectivity index (χ4n) is 1.97. The fourth-order valence-corrected chi connectivity index (χ4v) is 5.05. The van der Waals surface area contributed by atoms with Crippen LogP contribution in [0, 0.1) is 0 Å². The minimum Gasteiger partial charge on any atom is -0.309 e. The van der Waals surface area contributed by atoms with Crippen LogP contribution in [0.1, 0.15) is 23.3 Å². The molecule has 4 nitrogen and oxygen atoms in total. The number of hydrogen-bond donors (Lipinski definition) is 2. The van der Waals surface area contributed by atoms with Crippen LogP contribution in [0.15, 0.2) is 33.2 Å². The van der Waals surface area contributed by atoms with Gasteiger partial charge < -0.3 is 5.32 Å². The van der Waals surface area contributed by atoms with Crippen LogP contribution in [0.3, 0.4) is 0 Å². The Kier molecular flexibility index (Phi) is 4.75. The molecule has 21 heavy (non-hydrogen) atoms. The number of nitrogens with one attached hydrogen (secondary N) is 2. The van der Waals surface area contributed by atoms with E-state index in [4.69, 9.17) is 0 Å². The van der Waals surface area contributed by atoms with Crippen LogP contribution in [-0.2, 0) is 23.0 Å². The van der Waals surface area contributed by atoms with Crippen LogP contribution in [0.5, 0.6) is 0 Å². The van der Waals surface area contributed by atoms with Crippen molar-refractivity contribution in [2.75, 3.05) is 6.54 Å². The molecule has 1 fully saturated rings. The van der Waals surface area contributed by atoms with Crippen LogP contribution in [0.25, 0.3) is 0 Å². The summed E-state index contributed by atoms with van der Waals surface area (Å²) in [4.78, 5) is 1.07. The minimum atomic E-state index is -3.37. The third kappa shape index (κ3) is 4.37. The zero-order chi connectivity index (χ0) is 14.7. The van der Waals surface area contributed by atoms with E-state index in [1.165, 1.54) is 29.7 Å². The Morgan fingerprint density at radius 1 is 1.24 bits per heavy atom. The van der Waals surface area contributed by atoms with Gasteiger partial charge in [-0.15, -0.1) is 11.3 Å². The summed E-state index contributed by atoms with van der Waals surface area (Å²) >= 11 is 2.97. The molecule has 0 spiro atoms. The van der Waals surface area contributed by atoms with Gasteiger partial charge in [-0.2, -0.15) is 11.3 Å². The van der Waals surface area contributed by atoms with Crippen LogP contribution in [0.4, 0.5) is 0 Å². The summed E-state index contributed by atoms with van der Waals surface area (Å²) in [6.07, 6.45) is 3.20. The molecule has 2 N–H and O–H groups in total. The fraction of sp³-hybridized carbons (Fsp3) is 0.429. The average molecular weight is 343 g/mol. The van der Waals surface area contributed by atoms with E-state index in [-0.39, 0.29) is 0 Å². The molecule has 2 heterocycles. The van der Waals surface area contributed by atoms with Crippen molar-refractivity contribution in [1.82, 2.24) is 10.0 Å². The summed E-state index contributed by atoms with van der Waals surface area (Å²) in [6.45, 7) is 1.20. The molecule has 1 aliphatic carbocycles. The summed E-state index contributed by atoms with van der Waals surface area (Å²) in [6, 6.07) is 6.25. The quantitative estimate of drug-likeness (QED) is 0.775. The number of sulfonamides is 1. The van der Waals surface area contributed by atoms with Gasteiger partial charge in [-0.1, -0.05) is 0 Å². The third-order valence-electron chi connectivity index (χ3n) is 3.33. The second-order valence-electron chi connectivity index (χ2n) is 5.16. The van der Waals surface area contributed by atoms with E-state index in [1.807, 2.05) is 22.9 Å². The highest BCUT2D eigenvalue weighted by Gasteiger charge is 2.21. The van der Waals surface area contributed by atoms with Crippen molar-refractivity contribution in [2.24, 2.45) is 0 Å². The number of thiophene rings is 2. The maximum Gasteiger partial charge on any atom is 0.250 e. The van der Waals surface area contributed by atoms with Gasteiger partial charge >= 0.3 is 0 Å². The average Bonchev–Trinajstić information content (AvgIpc) is 2.93. The van der Waals surface area contributed by atoms with Gasteiger partial charge in [0.2, 0.25) is 10.0 Å². The molecule has 0 aromatic carbocycles. The zero-order valence-corrected chi connectivity index (χ0v) is 14.0. The smallest absolute Gasteiger partial charge is 0.250 e. The van der Waals surface area contributed by atoms with Gasteiger partial charge in [0.05, 0.1) is 0 Å². The van der Waals surface area contributed by atoms with Crippen molar-refractivity contribution in [2.45, 2.75) is 36.1 Å². The minimum absolute atomic E-state index is 0.403. The molecule has 7 heteroatoms. The monoisotopic (exact) mass is 342 g/mol. The Bertz CT molecular complexity index is 673. The highest BCUT2D eigenvalue weighted by Crippen LogP contribution is 2.24. The molecule has 2 aromatic heterocycles. The first kappa shape index (κ1) is 15.2. The van der Waals surface area contributed by atoms with Crippen molar-refractivity contribution < 1.29 is 8.42 Å². The molecule has 0 aliphatic heterocycles. The molecule has 0 atom stereocenters. The lowest BCUT2D eigenvalue weighted by molar-refractivity contribution is 0.584. The van der Waals surface area contributed by atoms with Crippen LogP contribution in [0.2, 0.25) is 0 Å². The highest BCUT2D eigenvalue weighted by molar-refractivity contribution is 7.91. The Labute approximate surface area is 133 Å². The molecule has 0 amide bonds. The van der Waals surface area contributed by atoms with Crippen molar-refractivity contribution in [3.05, 3.63) is 39.4 Å². The zero-order valence-electron chi connectivity index (χ0n) is 11.5. The molecule has 114 valence electrons. The summed E-state index contributed by atoms with van der Waals surface area (Å²) in [5.74, 6) is 0. The maximum atomic E-state index is 12.2. The van der Waals surface area contributed by atoms with Gasteiger partial charge in [0, 0.05) is 24.0 Å². The number of hydrogen-bond acceptors (Lipinski definition) is 5. The van der Waals surface area contributed by atoms with Crippen molar-refractivity contribution in [1.29, 1.82) is 0 Å². The van der Waals surface area contributed by atoms with Gasteiger partial charge in [-0.05, 0) is 53.8 Å². The van der Waals surface area contributed by atoms with E-state index < -0.39 is 10.0 Å². The molecular formula is C14H18N2O2S3. The second kappa shape index (κ2) is 6.58. The van der Waals surface area contributed by atoms with Crippen molar-refractivity contribution in [3.63, 3.8) is 0 Å². The largest absolute Gasteiger partial charge is 0.309 e. The molecule has 0 saturated heterocycles. The van der Waals surface area contributed by atoms with Crippen molar-refractivity contribution >= 4 is 32.7 Å². The van der Waals surface area contributed by atoms with Gasteiger partial charge in [0.1, 0.15) is 4.21 Å². The summed E-state index contributed by atoms with van der Waals surface area (Å²) in [5, 5.41) is 7.44. The predicted molar refractivity (Wildman–Crippen MR) is 87.4 cm³/mol. The van der Waals surface area contributed by atoms with Crippen molar-refractivity contribution in [3.8, 4) is 0 Å². The first-order valence-corrected chi connectivity index (χ1v) is 10.2. The van der Waals surface area contributed by atoms with Gasteiger partial charge in [-0.25, -0.2) is 13.1 Å². The lowest BCUT2D eigenvalue weighted by atomic mass is 10.2. The molecule has 1 aliphatic rings. The van der Waals surface area contributed by atoms with E-state index in [1.54, 1.807) is 17.4 Å². The molecule has 1 saturated carbocycles. The Hall–Kier alpha value is -0.730. The van der Waals surface area contributed by atoms with Crippen LogP contribution >= 0.6 is 22.7 Å². The Balaban J connectivity index is 1.53. The normalized spacial score (nSPS) is 15.4. The summed E-state index contributed by atoms with van der Waals surface area (Å²) in [5.41, 5.74) is 1.17. The number of rotatable bonds is 8. The van der Waals surface area contributed by atoms with E-state index in [0.717, 1.165) is 17.8 Å². The van der Waals surface area contributed by atoms with Gasteiger partial charge in [0.15, 0.2) is 0 Å². The van der Waals surface area contributed by atoms with E-state index >= 15 is 0 Å². The second-order valence-corrected chi connectivity index (χ2v) is 9.10. The van der Waals surface area contributed by atoms with Crippen LogP contribution < -0.4 is 10.0 Å². The predicted octanol–water partition coefficient (Wildman–Crippen LogP) is 2.58. The first-order valence-electron chi connectivity index (χ1n) is 6.96. The van der Waals surface area contributed by atoms with E-state index in [0.29, 0.717) is 16.8 Å². The standard InChI is InChI=1S/C14H18N2O2S3/c17-21(18,16-7-5-11-6-8-19-10-11)14-4-3-13(20-14)9-15-12-1-2-12/h3-4,6,8,10,12,15-16H,1-2,5,7,9H2. The van der Waals surface area contributed by atoms with E-state index in [9.17, 15) is 8.42 Å². The maximum absolute atomic E-state index is 12.2. The molecule has 2 aromatic rings. The Morgan fingerprint density at radius 2 is 2.10 bits per heavy atom. The lowest BCUT2D eigenvalue weighted by Crippen LogP contribution is -2.25. The SMILES string of the molecule is O=S(=O)(NCCc1ccsc1)c1ccc(CNC2CC2)s1. The molecule has 0 radical (unpaired) electrons. The molecule has 0 unspecified atom stereocenters. The topological polar surface area (TPSA) is 58.2 Å². The van der Waals surface area contributed by atoms with Gasteiger partial charge in [-0.3, -0.25) is 0 Å². The lowest BCUT2D eigenvalue weighted by Gasteiger charge is -2.03. The molecule has 0 bridgehead atoms. The third-order valence-corrected chi connectivity index (χ3v) is 7.10. The Morgan fingerprint density at radius 3 is 2.81 bits per heavy atom. The summed E-state index contributed by atoms with van der Waals surface area (Å²) in [7, 11) is -3.37. The highest BCUT2D eigenvalue weighted by atomic mass is 32.2. The molecule has 3 rings (SSSR count).